The largest absolute Gasteiger partial charge is 0.328 e. The van der Waals surface area contributed by atoms with Gasteiger partial charge in [-0.05, 0) is 45.1 Å². The van der Waals surface area contributed by atoms with E-state index < -0.39 is 0 Å². The zero-order valence-corrected chi connectivity index (χ0v) is 10.1. The molecule has 0 aromatic heterocycles. The van der Waals surface area contributed by atoms with Crippen LogP contribution in [0.2, 0.25) is 0 Å². The lowest BCUT2D eigenvalue weighted by Gasteiger charge is -2.19. The Kier molecular flexibility index (Phi) is 7.50. The van der Waals surface area contributed by atoms with Gasteiger partial charge in [0.1, 0.15) is 0 Å². The molecule has 0 fully saturated rings. The minimum atomic E-state index is 0.298. The molecular formula is C13H25N. The number of hydrogen-bond donors (Lipinski definition) is 1. The van der Waals surface area contributed by atoms with Crippen LogP contribution in [-0.4, -0.2) is 6.04 Å². The van der Waals surface area contributed by atoms with E-state index in [-0.39, 0.29) is 0 Å². The van der Waals surface area contributed by atoms with Gasteiger partial charge in [-0.1, -0.05) is 31.6 Å². The average molecular weight is 195 g/mol. The summed E-state index contributed by atoms with van der Waals surface area (Å²) in [7, 11) is 0. The number of allylic oxidation sites excluding steroid dienone is 4. The fourth-order valence-electron chi connectivity index (χ4n) is 1.88. The van der Waals surface area contributed by atoms with Crippen LogP contribution in [0.5, 0.6) is 0 Å². The standard InChI is InChI=1S/C13H25N/c1-5-8-12(7-3)13(9-6-2)10-11(4)14/h5,7-8,11,13H,6,9-10,14H2,1-4H3. The first kappa shape index (κ1) is 13.4. The van der Waals surface area contributed by atoms with Gasteiger partial charge < -0.3 is 5.73 Å². The Morgan fingerprint density at radius 2 is 2.00 bits per heavy atom. The van der Waals surface area contributed by atoms with Gasteiger partial charge in [0.05, 0.1) is 0 Å². The van der Waals surface area contributed by atoms with Gasteiger partial charge in [-0.2, -0.15) is 0 Å². The highest BCUT2D eigenvalue weighted by Gasteiger charge is 2.12. The topological polar surface area (TPSA) is 26.0 Å². The molecule has 14 heavy (non-hydrogen) atoms. The van der Waals surface area contributed by atoms with Crippen molar-refractivity contribution in [3.63, 3.8) is 0 Å². The summed E-state index contributed by atoms with van der Waals surface area (Å²) >= 11 is 0. The van der Waals surface area contributed by atoms with Crippen molar-refractivity contribution in [1.29, 1.82) is 0 Å². The van der Waals surface area contributed by atoms with Crippen LogP contribution in [0.15, 0.2) is 23.8 Å². The molecule has 0 aromatic rings. The lowest BCUT2D eigenvalue weighted by Crippen LogP contribution is -2.20. The molecule has 1 nitrogen and oxygen atoms in total. The first-order valence-electron chi connectivity index (χ1n) is 5.70. The molecule has 0 saturated heterocycles. The summed E-state index contributed by atoms with van der Waals surface area (Å²) < 4.78 is 0. The highest BCUT2D eigenvalue weighted by atomic mass is 14.6. The van der Waals surface area contributed by atoms with Gasteiger partial charge in [-0.25, -0.2) is 0 Å². The fraction of sp³-hybridized carbons (Fsp3) is 0.692. The molecule has 0 heterocycles. The van der Waals surface area contributed by atoms with E-state index in [2.05, 4.69) is 45.9 Å². The maximum atomic E-state index is 5.86. The first-order chi connectivity index (χ1) is 6.65. The molecule has 0 aliphatic carbocycles. The Labute approximate surface area is 89.1 Å². The van der Waals surface area contributed by atoms with Crippen LogP contribution in [0.3, 0.4) is 0 Å². The number of hydrogen-bond acceptors (Lipinski definition) is 1. The Morgan fingerprint density at radius 3 is 2.36 bits per heavy atom. The molecular weight excluding hydrogens is 170 g/mol. The fourth-order valence-corrected chi connectivity index (χ4v) is 1.88. The van der Waals surface area contributed by atoms with Crippen molar-refractivity contribution < 1.29 is 0 Å². The summed E-state index contributed by atoms with van der Waals surface area (Å²) in [4.78, 5) is 0. The zero-order chi connectivity index (χ0) is 11.0. The number of nitrogens with two attached hydrogens (primary N) is 1. The quantitative estimate of drug-likeness (QED) is 0.643. The van der Waals surface area contributed by atoms with Gasteiger partial charge in [-0.3, -0.25) is 0 Å². The van der Waals surface area contributed by atoms with Gasteiger partial charge in [0.15, 0.2) is 0 Å². The lowest BCUT2D eigenvalue weighted by atomic mass is 9.88. The Balaban J connectivity index is 4.44. The van der Waals surface area contributed by atoms with E-state index in [0.717, 1.165) is 6.42 Å². The van der Waals surface area contributed by atoms with Crippen LogP contribution >= 0.6 is 0 Å². The third-order valence-corrected chi connectivity index (χ3v) is 2.46. The van der Waals surface area contributed by atoms with Crippen molar-refractivity contribution >= 4 is 0 Å². The summed E-state index contributed by atoms with van der Waals surface area (Å²) in [6.45, 7) is 8.50. The summed E-state index contributed by atoms with van der Waals surface area (Å²) in [5, 5.41) is 0. The van der Waals surface area contributed by atoms with Crippen molar-refractivity contribution in [2.75, 3.05) is 0 Å². The molecule has 2 unspecified atom stereocenters. The normalized spacial score (nSPS) is 17.4. The molecule has 2 N–H and O–H groups in total. The molecule has 1 heteroatoms. The van der Waals surface area contributed by atoms with Crippen LogP contribution in [0.1, 0.15) is 47.0 Å². The first-order valence-corrected chi connectivity index (χ1v) is 5.70. The van der Waals surface area contributed by atoms with E-state index in [1.54, 1.807) is 0 Å². The van der Waals surface area contributed by atoms with Crippen molar-refractivity contribution in [1.82, 2.24) is 0 Å². The van der Waals surface area contributed by atoms with Gasteiger partial charge in [0.25, 0.3) is 0 Å². The van der Waals surface area contributed by atoms with Gasteiger partial charge in [0, 0.05) is 6.04 Å². The van der Waals surface area contributed by atoms with Crippen LogP contribution in [0.4, 0.5) is 0 Å². The van der Waals surface area contributed by atoms with E-state index >= 15 is 0 Å². The Morgan fingerprint density at radius 1 is 1.36 bits per heavy atom. The molecule has 0 bridgehead atoms. The Hall–Kier alpha value is -0.560. The van der Waals surface area contributed by atoms with Crippen molar-refractivity contribution in [2.45, 2.75) is 53.0 Å². The molecule has 0 rings (SSSR count). The number of rotatable bonds is 6. The highest BCUT2D eigenvalue weighted by molar-refractivity contribution is 5.20. The molecule has 0 amide bonds. The van der Waals surface area contributed by atoms with E-state index in [4.69, 9.17) is 5.73 Å². The predicted octanol–water partition coefficient (Wildman–Crippen LogP) is 3.66. The molecule has 2 atom stereocenters. The van der Waals surface area contributed by atoms with Gasteiger partial charge in [-0.15, -0.1) is 0 Å². The van der Waals surface area contributed by atoms with Crippen LogP contribution < -0.4 is 5.73 Å². The van der Waals surface area contributed by atoms with Crippen molar-refractivity contribution in [3.05, 3.63) is 23.8 Å². The highest BCUT2D eigenvalue weighted by Crippen LogP contribution is 2.23. The molecule has 0 aromatic carbocycles. The molecule has 0 spiro atoms. The smallest absolute Gasteiger partial charge is 0.00163 e. The second-order valence-corrected chi connectivity index (χ2v) is 3.99. The Bertz CT molecular complexity index is 189. The van der Waals surface area contributed by atoms with E-state index in [0.29, 0.717) is 12.0 Å². The second-order valence-electron chi connectivity index (χ2n) is 3.99. The van der Waals surface area contributed by atoms with Crippen LogP contribution in [0.25, 0.3) is 0 Å². The van der Waals surface area contributed by atoms with Crippen LogP contribution in [0, 0.1) is 5.92 Å². The minimum absolute atomic E-state index is 0.298. The van der Waals surface area contributed by atoms with Crippen molar-refractivity contribution in [3.8, 4) is 0 Å². The monoisotopic (exact) mass is 195 g/mol. The molecule has 0 aliphatic heterocycles. The maximum absolute atomic E-state index is 5.86. The molecule has 0 radical (unpaired) electrons. The molecule has 0 saturated carbocycles. The average Bonchev–Trinajstić information content (AvgIpc) is 2.13. The second kappa shape index (κ2) is 7.81. The summed E-state index contributed by atoms with van der Waals surface area (Å²) in [5.41, 5.74) is 7.30. The van der Waals surface area contributed by atoms with Gasteiger partial charge >= 0.3 is 0 Å². The molecule has 82 valence electrons. The SMILES string of the molecule is CC=CC(=CC)C(CCC)CC(C)N. The summed E-state index contributed by atoms with van der Waals surface area (Å²) in [6, 6.07) is 0.298. The van der Waals surface area contributed by atoms with E-state index in [9.17, 15) is 0 Å². The predicted molar refractivity (Wildman–Crippen MR) is 65.2 cm³/mol. The van der Waals surface area contributed by atoms with Crippen LogP contribution in [-0.2, 0) is 0 Å². The van der Waals surface area contributed by atoms with Crippen molar-refractivity contribution in [2.24, 2.45) is 11.7 Å². The maximum Gasteiger partial charge on any atom is 0.00163 e. The van der Waals surface area contributed by atoms with E-state index in [1.807, 2.05) is 0 Å². The molecule has 0 aliphatic rings. The zero-order valence-electron chi connectivity index (χ0n) is 10.1. The third-order valence-electron chi connectivity index (χ3n) is 2.46. The third kappa shape index (κ3) is 5.23. The minimum Gasteiger partial charge on any atom is -0.328 e. The summed E-state index contributed by atoms with van der Waals surface area (Å²) in [6.07, 6.45) is 10.1. The van der Waals surface area contributed by atoms with Gasteiger partial charge in [0.2, 0.25) is 0 Å². The van der Waals surface area contributed by atoms with E-state index in [1.165, 1.54) is 18.4 Å². The summed E-state index contributed by atoms with van der Waals surface area (Å²) in [5.74, 6) is 0.640. The lowest BCUT2D eigenvalue weighted by molar-refractivity contribution is 0.475.